The molecule has 6 nitrogen and oxygen atoms in total. The highest BCUT2D eigenvalue weighted by molar-refractivity contribution is 7.85. The molecule has 3 aliphatic rings. The van der Waals surface area contributed by atoms with Crippen molar-refractivity contribution < 1.29 is 23.2 Å². The molecular formula is C23H36ClNO5S. The number of halogens is 1. The molecule has 3 aliphatic carbocycles. The van der Waals surface area contributed by atoms with E-state index in [1.807, 2.05) is 31.3 Å². The predicted molar refractivity (Wildman–Crippen MR) is 124 cm³/mol. The first-order chi connectivity index (χ1) is 14.0. The summed E-state index contributed by atoms with van der Waals surface area (Å²) >= 11 is 6.20. The normalized spacial score (nSPS) is 31.5. The summed E-state index contributed by atoms with van der Waals surface area (Å²) < 4.78 is 31.0. The zero-order valence-electron chi connectivity index (χ0n) is 18.7. The quantitative estimate of drug-likeness (QED) is 0.637. The van der Waals surface area contributed by atoms with E-state index in [1.165, 1.54) is 0 Å². The Kier molecular flexibility index (Phi) is 8.03. The molecule has 1 aromatic rings. The maximum absolute atomic E-state index is 12.2. The number of fused-ring (bicyclic) bond motifs is 2. The number of hydrogen-bond donors (Lipinski definition) is 2. The van der Waals surface area contributed by atoms with Crippen LogP contribution in [-0.4, -0.2) is 37.0 Å². The lowest BCUT2D eigenvalue weighted by Gasteiger charge is -2.37. The Hall–Kier alpha value is -0.990. The van der Waals surface area contributed by atoms with Gasteiger partial charge in [0.1, 0.15) is 5.54 Å². The molecule has 1 aromatic carbocycles. The second-order valence-electron chi connectivity index (χ2n) is 9.77. The van der Waals surface area contributed by atoms with Crippen LogP contribution in [0, 0.1) is 16.7 Å². The third-order valence-electron chi connectivity index (χ3n) is 8.23. The number of nitrogens with one attached hydrogen (secondary N) is 1. The number of hydrogen-bond acceptors (Lipinski definition) is 4. The second-order valence-corrected chi connectivity index (χ2v) is 11.6. The lowest BCUT2D eigenvalue weighted by Crippen LogP contribution is -2.49. The molecule has 0 aliphatic heterocycles. The lowest BCUT2D eigenvalue weighted by molar-refractivity contribution is -0.127. The number of ketones is 1. The first-order valence-electron chi connectivity index (χ1n) is 10.9. The Labute approximate surface area is 191 Å². The monoisotopic (exact) mass is 473 g/mol. The standard InChI is InChI=1S/C13H16ClNO.C10H18O3S.H2O/c1-15-13(9-5-4-8-12(13)16)10-6-2-3-7-11(10)14;1-9(2)8-3-5-10(9,6-4-8)7-14(11,12)13;/h2-3,6-7,15H,4-5,8-9H2,1H3;8H,3-7H2,1-2H3,(H,11,12,13);1H2/t13-;;/m0../s1. The molecule has 8 heteroatoms. The minimum Gasteiger partial charge on any atom is -0.412 e. The third-order valence-corrected chi connectivity index (χ3v) is 9.48. The largest absolute Gasteiger partial charge is 0.412 e. The van der Waals surface area contributed by atoms with Crippen LogP contribution in [0.4, 0.5) is 0 Å². The van der Waals surface area contributed by atoms with E-state index in [1.54, 1.807) is 0 Å². The fraction of sp³-hybridized carbons (Fsp3) is 0.696. The van der Waals surface area contributed by atoms with Gasteiger partial charge in [0.25, 0.3) is 10.1 Å². The van der Waals surface area contributed by atoms with Gasteiger partial charge in [-0.3, -0.25) is 9.35 Å². The van der Waals surface area contributed by atoms with E-state index in [-0.39, 0.29) is 27.8 Å². The highest BCUT2D eigenvalue weighted by Gasteiger charge is 2.59. The van der Waals surface area contributed by atoms with E-state index < -0.39 is 15.7 Å². The zero-order valence-corrected chi connectivity index (χ0v) is 20.3. The minimum absolute atomic E-state index is 0. The maximum Gasteiger partial charge on any atom is 0.265 e. The SMILES string of the molecule is CC1(C)C2CCC1(CS(=O)(=O)O)CC2.CN[C@]1(c2ccccc2Cl)CCCCC1=O.O. The molecule has 4 N–H and O–H groups in total. The van der Waals surface area contributed by atoms with E-state index in [0.717, 1.165) is 50.5 Å². The summed E-state index contributed by atoms with van der Waals surface area (Å²) in [6.45, 7) is 4.31. The van der Waals surface area contributed by atoms with Gasteiger partial charge in [0, 0.05) is 11.4 Å². The molecule has 1 atom stereocenters. The minimum atomic E-state index is -3.82. The molecule has 0 saturated heterocycles. The van der Waals surface area contributed by atoms with Crippen molar-refractivity contribution in [2.75, 3.05) is 12.8 Å². The van der Waals surface area contributed by atoms with Gasteiger partial charge >= 0.3 is 0 Å². The molecule has 0 heterocycles. The number of Topliss-reactive ketones (excluding diaryl/α,β-unsaturated/α-hetero) is 1. The smallest absolute Gasteiger partial charge is 0.265 e. The molecule has 0 spiro atoms. The first kappa shape index (κ1) is 26.3. The van der Waals surface area contributed by atoms with Gasteiger partial charge in [0.15, 0.2) is 5.78 Å². The molecular weight excluding hydrogens is 438 g/mol. The first-order valence-corrected chi connectivity index (χ1v) is 12.9. The number of benzene rings is 1. The van der Waals surface area contributed by atoms with Crippen LogP contribution in [0.25, 0.3) is 0 Å². The van der Waals surface area contributed by atoms with Crippen LogP contribution in [0.2, 0.25) is 5.02 Å². The summed E-state index contributed by atoms with van der Waals surface area (Å²) in [6, 6.07) is 7.62. The molecule has 2 bridgehead atoms. The van der Waals surface area contributed by atoms with E-state index in [0.29, 0.717) is 17.4 Å². The average Bonchev–Trinajstić information content (AvgIpc) is 3.05. The summed E-state index contributed by atoms with van der Waals surface area (Å²) in [5, 5.41) is 3.86. The van der Waals surface area contributed by atoms with Crippen LogP contribution in [0.5, 0.6) is 0 Å². The summed E-state index contributed by atoms with van der Waals surface area (Å²) in [5.41, 5.74) is 0.300. The Morgan fingerprint density at radius 2 is 1.74 bits per heavy atom. The van der Waals surface area contributed by atoms with E-state index in [4.69, 9.17) is 16.2 Å². The number of likely N-dealkylation sites (N-methyl/N-ethyl adjacent to an activating group) is 1. The van der Waals surface area contributed by atoms with Crippen LogP contribution in [0.1, 0.15) is 70.8 Å². The van der Waals surface area contributed by atoms with Crippen LogP contribution < -0.4 is 5.32 Å². The van der Waals surface area contributed by atoms with Gasteiger partial charge in [-0.15, -0.1) is 0 Å². The van der Waals surface area contributed by atoms with Gasteiger partial charge in [0.05, 0.1) is 5.75 Å². The van der Waals surface area contributed by atoms with Gasteiger partial charge in [-0.2, -0.15) is 8.42 Å². The fourth-order valence-corrected chi connectivity index (χ4v) is 7.82. The van der Waals surface area contributed by atoms with E-state index in [9.17, 15) is 13.2 Å². The maximum atomic E-state index is 12.2. The zero-order chi connectivity index (χ0) is 22.2. The van der Waals surface area contributed by atoms with Crippen LogP contribution in [-0.2, 0) is 20.5 Å². The Bertz CT molecular complexity index is 893. The summed E-state index contributed by atoms with van der Waals surface area (Å²) in [6.07, 6.45) is 7.72. The molecule has 3 fully saturated rings. The van der Waals surface area contributed by atoms with Crippen LogP contribution in [0.3, 0.4) is 0 Å². The van der Waals surface area contributed by atoms with Gasteiger partial charge in [-0.05, 0) is 74.0 Å². The van der Waals surface area contributed by atoms with Crippen molar-refractivity contribution in [2.24, 2.45) is 16.7 Å². The number of rotatable bonds is 4. The molecule has 31 heavy (non-hydrogen) atoms. The van der Waals surface area contributed by atoms with Crippen molar-refractivity contribution in [3.8, 4) is 0 Å². The molecule has 0 unspecified atom stereocenters. The predicted octanol–water partition coefficient (Wildman–Crippen LogP) is 4.16. The van der Waals surface area contributed by atoms with Crippen LogP contribution >= 0.6 is 11.6 Å². The molecule has 0 radical (unpaired) electrons. The Balaban J connectivity index is 0.000000215. The summed E-state index contributed by atoms with van der Waals surface area (Å²) in [5.74, 6) is 0.877. The molecule has 0 amide bonds. The van der Waals surface area contributed by atoms with Crippen molar-refractivity contribution in [2.45, 2.75) is 70.8 Å². The summed E-state index contributed by atoms with van der Waals surface area (Å²) in [4.78, 5) is 12.2. The van der Waals surface area contributed by atoms with Crippen molar-refractivity contribution in [1.82, 2.24) is 5.32 Å². The van der Waals surface area contributed by atoms with Gasteiger partial charge in [0.2, 0.25) is 0 Å². The molecule has 0 aromatic heterocycles. The van der Waals surface area contributed by atoms with Gasteiger partial charge < -0.3 is 10.8 Å². The van der Waals surface area contributed by atoms with Gasteiger partial charge in [-0.1, -0.05) is 50.1 Å². The average molecular weight is 474 g/mol. The van der Waals surface area contributed by atoms with Crippen molar-refractivity contribution in [3.63, 3.8) is 0 Å². The number of carbonyl (C=O) groups is 1. The molecule has 4 rings (SSSR count). The van der Waals surface area contributed by atoms with Crippen molar-refractivity contribution in [1.29, 1.82) is 0 Å². The van der Waals surface area contributed by atoms with Crippen molar-refractivity contribution in [3.05, 3.63) is 34.9 Å². The topological polar surface area (TPSA) is 115 Å². The van der Waals surface area contributed by atoms with Crippen LogP contribution in [0.15, 0.2) is 24.3 Å². The van der Waals surface area contributed by atoms with E-state index >= 15 is 0 Å². The lowest BCUT2D eigenvalue weighted by atomic mass is 9.71. The second kappa shape index (κ2) is 9.48. The molecule has 3 saturated carbocycles. The van der Waals surface area contributed by atoms with Gasteiger partial charge in [-0.25, -0.2) is 0 Å². The fourth-order valence-electron chi connectivity index (χ4n) is 6.17. The highest BCUT2D eigenvalue weighted by atomic mass is 35.5. The van der Waals surface area contributed by atoms with Crippen molar-refractivity contribution >= 4 is 27.5 Å². The summed E-state index contributed by atoms with van der Waals surface area (Å²) in [7, 11) is -1.98. The number of carbonyl (C=O) groups excluding carboxylic acids is 1. The third kappa shape index (κ3) is 4.86. The Morgan fingerprint density at radius 1 is 1.13 bits per heavy atom. The Morgan fingerprint density at radius 3 is 2.19 bits per heavy atom. The molecule has 176 valence electrons. The van der Waals surface area contributed by atoms with E-state index in [2.05, 4.69) is 19.2 Å². The highest BCUT2D eigenvalue weighted by Crippen LogP contribution is 2.66.